The number of methoxy groups -OCH3 is 2. The third-order valence-electron chi connectivity index (χ3n) is 2.44. The first kappa shape index (κ1) is 15.1. The Hall–Kier alpha value is -1.92. The van der Waals surface area contributed by atoms with Crippen LogP contribution >= 0.6 is 0 Å². The van der Waals surface area contributed by atoms with Gasteiger partial charge < -0.3 is 19.3 Å². The molecule has 0 aliphatic rings. The Morgan fingerprint density at radius 1 is 1.11 bits per heavy atom. The van der Waals surface area contributed by atoms with Crippen LogP contribution in [0.3, 0.4) is 0 Å². The minimum absolute atomic E-state index is 0.0641. The van der Waals surface area contributed by atoms with Gasteiger partial charge in [0.1, 0.15) is 0 Å². The SMILES string of the molecule is COC(=O)C(O)C(OCc1ccccc1)C(=O)OC. The van der Waals surface area contributed by atoms with Crippen molar-refractivity contribution in [3.63, 3.8) is 0 Å². The van der Waals surface area contributed by atoms with Gasteiger partial charge in [-0.25, -0.2) is 9.59 Å². The number of benzene rings is 1. The maximum Gasteiger partial charge on any atom is 0.338 e. The van der Waals surface area contributed by atoms with Gasteiger partial charge in [0.15, 0.2) is 12.2 Å². The van der Waals surface area contributed by atoms with Crippen molar-refractivity contribution in [3.8, 4) is 0 Å². The molecule has 6 heteroatoms. The van der Waals surface area contributed by atoms with E-state index in [0.717, 1.165) is 19.8 Å². The number of aliphatic hydroxyl groups excluding tert-OH is 1. The van der Waals surface area contributed by atoms with Crippen LogP contribution in [0.25, 0.3) is 0 Å². The highest BCUT2D eigenvalue weighted by atomic mass is 16.6. The first-order chi connectivity index (χ1) is 9.10. The van der Waals surface area contributed by atoms with E-state index in [2.05, 4.69) is 9.47 Å². The van der Waals surface area contributed by atoms with Crippen LogP contribution < -0.4 is 0 Å². The molecule has 1 aromatic rings. The average molecular weight is 268 g/mol. The van der Waals surface area contributed by atoms with Gasteiger partial charge in [0.05, 0.1) is 20.8 Å². The van der Waals surface area contributed by atoms with Gasteiger partial charge in [0.25, 0.3) is 0 Å². The third-order valence-corrected chi connectivity index (χ3v) is 2.44. The van der Waals surface area contributed by atoms with E-state index in [-0.39, 0.29) is 6.61 Å². The van der Waals surface area contributed by atoms with Gasteiger partial charge in [-0.1, -0.05) is 30.3 Å². The molecule has 1 aromatic carbocycles. The number of esters is 2. The molecule has 0 bridgehead atoms. The largest absolute Gasteiger partial charge is 0.467 e. The Balaban J connectivity index is 2.70. The summed E-state index contributed by atoms with van der Waals surface area (Å²) in [6, 6.07) is 9.04. The van der Waals surface area contributed by atoms with E-state index in [1.807, 2.05) is 18.2 Å². The summed E-state index contributed by atoms with van der Waals surface area (Å²) >= 11 is 0. The lowest BCUT2D eigenvalue weighted by Crippen LogP contribution is -2.43. The summed E-state index contributed by atoms with van der Waals surface area (Å²) in [6.45, 7) is 0.0641. The molecule has 2 atom stereocenters. The minimum atomic E-state index is -1.72. The molecule has 0 fully saturated rings. The zero-order valence-electron chi connectivity index (χ0n) is 10.7. The van der Waals surface area contributed by atoms with E-state index in [1.54, 1.807) is 12.1 Å². The lowest BCUT2D eigenvalue weighted by molar-refractivity contribution is -0.176. The Bertz CT molecular complexity index is 416. The van der Waals surface area contributed by atoms with E-state index in [1.165, 1.54) is 0 Å². The number of carbonyl (C=O) groups is 2. The summed E-state index contributed by atoms with van der Waals surface area (Å²) in [6.07, 6.45) is -3.14. The molecule has 2 unspecified atom stereocenters. The van der Waals surface area contributed by atoms with Crippen LogP contribution in [0, 0.1) is 0 Å². The lowest BCUT2D eigenvalue weighted by Gasteiger charge is -2.19. The molecule has 104 valence electrons. The number of hydrogen-bond donors (Lipinski definition) is 1. The van der Waals surface area contributed by atoms with Crippen LogP contribution in [0.1, 0.15) is 5.56 Å². The molecular formula is C13H16O6. The molecule has 0 heterocycles. The summed E-state index contributed by atoms with van der Waals surface area (Å²) in [5.41, 5.74) is 0.800. The van der Waals surface area contributed by atoms with Gasteiger partial charge in [-0.3, -0.25) is 0 Å². The highest BCUT2D eigenvalue weighted by molar-refractivity contribution is 5.85. The summed E-state index contributed by atoms with van der Waals surface area (Å²) < 4.78 is 14.1. The maximum absolute atomic E-state index is 11.5. The number of aliphatic hydroxyl groups is 1. The fourth-order valence-electron chi connectivity index (χ4n) is 1.41. The fraction of sp³-hybridized carbons (Fsp3) is 0.385. The highest BCUT2D eigenvalue weighted by Crippen LogP contribution is 2.09. The second-order valence-electron chi connectivity index (χ2n) is 3.71. The van der Waals surface area contributed by atoms with Crippen molar-refractivity contribution >= 4 is 11.9 Å². The van der Waals surface area contributed by atoms with Gasteiger partial charge >= 0.3 is 11.9 Å². The van der Waals surface area contributed by atoms with E-state index in [4.69, 9.17) is 4.74 Å². The standard InChI is InChI=1S/C13H16O6/c1-17-12(15)10(14)11(13(16)18-2)19-8-9-6-4-3-5-7-9/h3-7,10-11,14H,8H2,1-2H3. The zero-order chi connectivity index (χ0) is 14.3. The van der Waals surface area contributed by atoms with Crippen molar-refractivity contribution in [3.05, 3.63) is 35.9 Å². The van der Waals surface area contributed by atoms with Crippen molar-refractivity contribution in [1.29, 1.82) is 0 Å². The molecule has 0 spiro atoms. The Morgan fingerprint density at radius 3 is 2.21 bits per heavy atom. The van der Waals surface area contributed by atoms with Crippen LogP contribution in [0.2, 0.25) is 0 Å². The lowest BCUT2D eigenvalue weighted by atomic mass is 10.2. The van der Waals surface area contributed by atoms with Crippen molar-refractivity contribution in [2.24, 2.45) is 0 Å². The smallest absolute Gasteiger partial charge is 0.338 e. The topological polar surface area (TPSA) is 82.1 Å². The number of carbonyl (C=O) groups excluding carboxylic acids is 2. The van der Waals surface area contributed by atoms with Crippen LogP contribution in [-0.4, -0.2) is 43.5 Å². The quantitative estimate of drug-likeness (QED) is 0.746. The van der Waals surface area contributed by atoms with E-state index in [0.29, 0.717) is 0 Å². The molecule has 0 aliphatic carbocycles. The van der Waals surface area contributed by atoms with Crippen molar-refractivity contribution < 1.29 is 28.9 Å². The van der Waals surface area contributed by atoms with Gasteiger partial charge in [0.2, 0.25) is 0 Å². The first-order valence-electron chi connectivity index (χ1n) is 5.59. The molecule has 0 aliphatic heterocycles. The van der Waals surface area contributed by atoms with Crippen molar-refractivity contribution in [1.82, 2.24) is 0 Å². The second kappa shape index (κ2) is 7.50. The second-order valence-corrected chi connectivity index (χ2v) is 3.71. The van der Waals surface area contributed by atoms with Crippen LogP contribution in [0.5, 0.6) is 0 Å². The molecular weight excluding hydrogens is 252 g/mol. The summed E-state index contributed by atoms with van der Waals surface area (Å²) in [5.74, 6) is -1.79. The molecule has 0 saturated heterocycles. The average Bonchev–Trinajstić information content (AvgIpc) is 2.47. The third kappa shape index (κ3) is 4.35. The molecule has 0 saturated carbocycles. The molecule has 0 amide bonds. The number of hydrogen-bond acceptors (Lipinski definition) is 6. The first-order valence-corrected chi connectivity index (χ1v) is 5.59. The van der Waals surface area contributed by atoms with Gasteiger partial charge in [-0.05, 0) is 5.56 Å². The molecule has 0 radical (unpaired) electrons. The van der Waals surface area contributed by atoms with Crippen LogP contribution in [0.15, 0.2) is 30.3 Å². The summed E-state index contributed by atoms with van der Waals surface area (Å²) in [7, 11) is 2.25. The predicted molar refractivity (Wildman–Crippen MR) is 65.1 cm³/mol. The Morgan fingerprint density at radius 2 is 1.68 bits per heavy atom. The van der Waals surface area contributed by atoms with Gasteiger partial charge in [0, 0.05) is 0 Å². The molecule has 19 heavy (non-hydrogen) atoms. The molecule has 1 rings (SSSR count). The highest BCUT2D eigenvalue weighted by Gasteiger charge is 2.34. The summed E-state index contributed by atoms with van der Waals surface area (Å²) in [5, 5.41) is 9.66. The van der Waals surface area contributed by atoms with Crippen molar-refractivity contribution in [2.75, 3.05) is 14.2 Å². The molecule has 1 N–H and O–H groups in total. The van der Waals surface area contributed by atoms with Crippen LogP contribution in [-0.2, 0) is 30.4 Å². The summed E-state index contributed by atoms with van der Waals surface area (Å²) in [4.78, 5) is 22.7. The van der Waals surface area contributed by atoms with Crippen molar-refractivity contribution in [2.45, 2.75) is 18.8 Å². The number of rotatable bonds is 6. The van der Waals surface area contributed by atoms with Gasteiger partial charge in [-0.2, -0.15) is 0 Å². The van der Waals surface area contributed by atoms with Crippen LogP contribution in [0.4, 0.5) is 0 Å². The zero-order valence-corrected chi connectivity index (χ0v) is 10.7. The Labute approximate surface area is 110 Å². The Kier molecular flexibility index (Phi) is 5.98. The normalized spacial score (nSPS) is 13.4. The minimum Gasteiger partial charge on any atom is -0.467 e. The molecule has 6 nitrogen and oxygen atoms in total. The van der Waals surface area contributed by atoms with E-state index >= 15 is 0 Å². The maximum atomic E-state index is 11.5. The molecule has 0 aromatic heterocycles. The fourth-order valence-corrected chi connectivity index (χ4v) is 1.41. The van der Waals surface area contributed by atoms with E-state index in [9.17, 15) is 14.7 Å². The number of ether oxygens (including phenoxy) is 3. The van der Waals surface area contributed by atoms with E-state index < -0.39 is 24.1 Å². The van der Waals surface area contributed by atoms with Gasteiger partial charge in [-0.15, -0.1) is 0 Å². The predicted octanol–water partition coefficient (Wildman–Crippen LogP) is 0.279. The monoisotopic (exact) mass is 268 g/mol.